The Bertz CT molecular complexity index is 841. The first kappa shape index (κ1) is 15.4. The number of hydrogen-bond acceptors (Lipinski definition) is 3. The van der Waals surface area contributed by atoms with Crippen LogP contribution in [-0.2, 0) is 6.18 Å². The van der Waals surface area contributed by atoms with E-state index in [0.29, 0.717) is 27.8 Å². The van der Waals surface area contributed by atoms with Gasteiger partial charge in [-0.3, -0.25) is 0 Å². The van der Waals surface area contributed by atoms with Gasteiger partial charge in [0.25, 0.3) is 0 Å². The number of benzene rings is 2. The molecular weight excluding hydrogens is 329 g/mol. The minimum Gasteiger partial charge on any atom is -0.398 e. The summed E-state index contributed by atoms with van der Waals surface area (Å²) in [5.41, 5.74) is 6.50. The molecule has 3 rings (SSSR count). The van der Waals surface area contributed by atoms with Crippen molar-refractivity contribution in [3.8, 4) is 17.1 Å². The SMILES string of the molecule is Nc1ccc(-c2ncn(-c3ccc(C(F)(F)F)cc3)n2)cc1Cl. The van der Waals surface area contributed by atoms with E-state index in [2.05, 4.69) is 10.1 Å². The first-order valence-electron chi connectivity index (χ1n) is 6.49. The molecule has 118 valence electrons. The van der Waals surface area contributed by atoms with Crippen LogP contribution in [0.1, 0.15) is 5.56 Å². The van der Waals surface area contributed by atoms with Crippen LogP contribution in [-0.4, -0.2) is 14.8 Å². The van der Waals surface area contributed by atoms with Crippen molar-refractivity contribution in [1.82, 2.24) is 14.8 Å². The Labute approximate surface area is 134 Å². The fraction of sp³-hybridized carbons (Fsp3) is 0.0667. The van der Waals surface area contributed by atoms with E-state index in [4.69, 9.17) is 17.3 Å². The topological polar surface area (TPSA) is 56.7 Å². The molecule has 1 heterocycles. The fourth-order valence-electron chi connectivity index (χ4n) is 1.99. The van der Waals surface area contributed by atoms with Gasteiger partial charge in [-0.1, -0.05) is 11.6 Å². The van der Waals surface area contributed by atoms with Gasteiger partial charge in [0.05, 0.1) is 22.0 Å². The number of hydrogen-bond donors (Lipinski definition) is 1. The van der Waals surface area contributed by atoms with Crippen LogP contribution >= 0.6 is 11.6 Å². The zero-order valence-corrected chi connectivity index (χ0v) is 12.3. The van der Waals surface area contributed by atoms with Crippen LogP contribution in [0, 0.1) is 0 Å². The molecule has 3 aromatic rings. The van der Waals surface area contributed by atoms with Gasteiger partial charge in [-0.2, -0.15) is 13.2 Å². The summed E-state index contributed by atoms with van der Waals surface area (Å²) in [6, 6.07) is 9.63. The summed E-state index contributed by atoms with van der Waals surface area (Å²) in [5, 5.41) is 4.62. The first-order chi connectivity index (χ1) is 10.8. The Hall–Kier alpha value is -2.54. The maximum Gasteiger partial charge on any atom is 0.416 e. The molecular formula is C15H10ClF3N4. The fourth-order valence-corrected chi connectivity index (χ4v) is 2.17. The summed E-state index contributed by atoms with van der Waals surface area (Å²) >= 11 is 5.95. The smallest absolute Gasteiger partial charge is 0.398 e. The average Bonchev–Trinajstić information content (AvgIpc) is 2.99. The quantitative estimate of drug-likeness (QED) is 0.713. The minimum absolute atomic E-state index is 0.383. The first-order valence-corrected chi connectivity index (χ1v) is 6.87. The Kier molecular flexibility index (Phi) is 3.73. The largest absolute Gasteiger partial charge is 0.416 e. The third-order valence-electron chi connectivity index (χ3n) is 3.21. The Balaban J connectivity index is 1.91. The van der Waals surface area contributed by atoms with Crippen molar-refractivity contribution in [1.29, 1.82) is 0 Å². The molecule has 0 unspecified atom stereocenters. The van der Waals surface area contributed by atoms with Crippen molar-refractivity contribution in [2.45, 2.75) is 6.18 Å². The lowest BCUT2D eigenvalue weighted by Crippen LogP contribution is -2.05. The minimum atomic E-state index is -4.37. The van der Waals surface area contributed by atoms with E-state index < -0.39 is 11.7 Å². The molecule has 0 aliphatic rings. The van der Waals surface area contributed by atoms with Crippen molar-refractivity contribution in [3.05, 3.63) is 59.4 Å². The highest BCUT2D eigenvalue weighted by atomic mass is 35.5. The van der Waals surface area contributed by atoms with E-state index in [1.54, 1.807) is 18.2 Å². The molecule has 0 amide bonds. The van der Waals surface area contributed by atoms with Crippen LogP contribution in [0.25, 0.3) is 17.1 Å². The van der Waals surface area contributed by atoms with E-state index in [9.17, 15) is 13.2 Å². The molecule has 0 spiro atoms. The molecule has 0 fully saturated rings. The van der Waals surface area contributed by atoms with Gasteiger partial charge in [0.1, 0.15) is 6.33 Å². The highest BCUT2D eigenvalue weighted by Gasteiger charge is 2.30. The zero-order valence-electron chi connectivity index (χ0n) is 11.5. The molecule has 2 N–H and O–H groups in total. The third-order valence-corrected chi connectivity index (χ3v) is 3.54. The number of aromatic nitrogens is 3. The predicted octanol–water partition coefficient (Wildman–Crippen LogP) is 4.19. The maximum atomic E-state index is 12.6. The second-order valence-corrected chi connectivity index (χ2v) is 5.20. The van der Waals surface area contributed by atoms with Crippen LogP contribution in [0.15, 0.2) is 48.8 Å². The average molecular weight is 339 g/mol. The zero-order chi connectivity index (χ0) is 16.6. The molecule has 0 atom stereocenters. The highest BCUT2D eigenvalue weighted by Crippen LogP contribution is 2.30. The van der Waals surface area contributed by atoms with E-state index in [0.717, 1.165) is 12.1 Å². The molecule has 0 aliphatic carbocycles. The molecule has 0 saturated carbocycles. The van der Waals surface area contributed by atoms with Crippen LogP contribution in [0.5, 0.6) is 0 Å². The van der Waals surface area contributed by atoms with Crippen LogP contribution < -0.4 is 5.73 Å². The van der Waals surface area contributed by atoms with Crippen molar-refractivity contribution >= 4 is 17.3 Å². The molecule has 4 nitrogen and oxygen atoms in total. The Morgan fingerprint density at radius 1 is 1.04 bits per heavy atom. The van der Waals surface area contributed by atoms with Crippen molar-refractivity contribution in [3.63, 3.8) is 0 Å². The number of nitrogens with zero attached hydrogens (tertiary/aromatic N) is 3. The van der Waals surface area contributed by atoms with Gasteiger partial charge in [-0.15, -0.1) is 5.10 Å². The Morgan fingerprint density at radius 2 is 1.74 bits per heavy atom. The number of nitrogen functional groups attached to an aromatic ring is 1. The molecule has 0 saturated heterocycles. The summed E-state index contributed by atoms with van der Waals surface area (Å²) < 4.78 is 39.1. The molecule has 0 aliphatic heterocycles. The summed E-state index contributed by atoms with van der Waals surface area (Å²) in [4.78, 5) is 4.13. The highest BCUT2D eigenvalue weighted by molar-refractivity contribution is 6.33. The van der Waals surface area contributed by atoms with Crippen molar-refractivity contribution in [2.24, 2.45) is 0 Å². The van der Waals surface area contributed by atoms with Crippen molar-refractivity contribution < 1.29 is 13.2 Å². The van der Waals surface area contributed by atoms with Crippen LogP contribution in [0.2, 0.25) is 5.02 Å². The van der Waals surface area contributed by atoms with Gasteiger partial charge in [0.2, 0.25) is 0 Å². The Morgan fingerprint density at radius 3 is 2.35 bits per heavy atom. The second kappa shape index (κ2) is 5.58. The summed E-state index contributed by atoms with van der Waals surface area (Å²) in [5.74, 6) is 0.395. The molecule has 0 radical (unpaired) electrons. The second-order valence-electron chi connectivity index (χ2n) is 4.79. The normalized spacial score (nSPS) is 11.7. The number of halogens is 4. The molecule has 0 bridgehead atoms. The monoisotopic (exact) mass is 338 g/mol. The van der Waals surface area contributed by atoms with Gasteiger partial charge in [-0.05, 0) is 42.5 Å². The molecule has 2 aromatic carbocycles. The van der Waals surface area contributed by atoms with E-state index in [1.807, 2.05) is 0 Å². The van der Waals surface area contributed by atoms with Gasteiger partial charge < -0.3 is 5.73 Å². The number of rotatable bonds is 2. The van der Waals surface area contributed by atoms with Crippen LogP contribution in [0.4, 0.5) is 18.9 Å². The third kappa shape index (κ3) is 3.14. The molecule has 23 heavy (non-hydrogen) atoms. The van der Waals surface area contributed by atoms with E-state index >= 15 is 0 Å². The summed E-state index contributed by atoms with van der Waals surface area (Å²) in [6.45, 7) is 0. The molecule has 8 heteroatoms. The van der Waals surface area contributed by atoms with Gasteiger partial charge in [0, 0.05) is 5.56 Å². The van der Waals surface area contributed by atoms with Gasteiger partial charge in [0.15, 0.2) is 5.82 Å². The lowest BCUT2D eigenvalue weighted by Gasteiger charge is -2.07. The van der Waals surface area contributed by atoms with Crippen LogP contribution in [0.3, 0.4) is 0 Å². The molecule has 1 aromatic heterocycles. The van der Waals surface area contributed by atoms with Gasteiger partial charge in [-0.25, -0.2) is 9.67 Å². The summed E-state index contributed by atoms with van der Waals surface area (Å²) in [7, 11) is 0. The lowest BCUT2D eigenvalue weighted by molar-refractivity contribution is -0.137. The van der Waals surface area contributed by atoms with Crippen molar-refractivity contribution in [2.75, 3.05) is 5.73 Å². The lowest BCUT2D eigenvalue weighted by atomic mass is 10.2. The standard InChI is InChI=1S/C15H10ClF3N4/c16-12-7-9(1-6-13(12)20)14-21-8-23(22-14)11-4-2-10(3-5-11)15(17,18)19/h1-8H,20H2. The maximum absolute atomic E-state index is 12.6. The van der Waals surface area contributed by atoms with Gasteiger partial charge >= 0.3 is 6.18 Å². The van der Waals surface area contributed by atoms with E-state index in [-0.39, 0.29) is 0 Å². The predicted molar refractivity (Wildman–Crippen MR) is 81.2 cm³/mol. The number of nitrogens with two attached hydrogens (primary N) is 1. The summed E-state index contributed by atoms with van der Waals surface area (Å²) in [6.07, 6.45) is -2.95. The van der Waals surface area contributed by atoms with E-state index in [1.165, 1.54) is 23.1 Å². The number of alkyl halides is 3. The number of anilines is 1.